The Morgan fingerprint density at radius 2 is 2.17 bits per heavy atom. The number of allylic oxidation sites excluding steroid dienone is 1. The first kappa shape index (κ1) is 23.6. The van der Waals surface area contributed by atoms with Gasteiger partial charge in [-0.25, -0.2) is 0 Å². The molecule has 8 nitrogen and oxygen atoms in total. The summed E-state index contributed by atoms with van der Waals surface area (Å²) in [6.07, 6.45) is 7.38. The number of benzene rings is 1. The topological polar surface area (TPSA) is 89.0 Å². The molecule has 8 heteroatoms. The van der Waals surface area contributed by atoms with Crippen molar-refractivity contribution in [2.75, 3.05) is 38.3 Å². The first-order valence-electron chi connectivity index (χ1n) is 12.7. The average Bonchev–Trinajstić information content (AvgIpc) is 3.54. The van der Waals surface area contributed by atoms with Crippen LogP contribution in [0.4, 0.5) is 11.5 Å². The predicted molar refractivity (Wildman–Crippen MR) is 139 cm³/mol. The third-order valence-corrected chi connectivity index (χ3v) is 7.75. The summed E-state index contributed by atoms with van der Waals surface area (Å²) < 4.78 is 7.91. The Labute approximate surface area is 207 Å². The lowest BCUT2D eigenvalue weighted by molar-refractivity contribution is -0.129. The summed E-state index contributed by atoms with van der Waals surface area (Å²) in [4.78, 5) is 20.7. The van der Waals surface area contributed by atoms with Gasteiger partial charge >= 0.3 is 0 Å². The second-order valence-electron chi connectivity index (χ2n) is 9.73. The van der Waals surface area contributed by atoms with Gasteiger partial charge in [0, 0.05) is 75.0 Å². The van der Waals surface area contributed by atoms with E-state index in [1.807, 2.05) is 4.90 Å². The Balaban J connectivity index is 1.60. The van der Waals surface area contributed by atoms with Gasteiger partial charge in [-0.05, 0) is 48.4 Å². The Morgan fingerprint density at radius 3 is 2.86 bits per heavy atom. The molecule has 1 fully saturated rings. The number of fused-ring (bicyclic) bond motifs is 2. The van der Waals surface area contributed by atoms with E-state index < -0.39 is 0 Å². The van der Waals surface area contributed by atoms with E-state index in [9.17, 15) is 4.79 Å². The Morgan fingerprint density at radius 1 is 1.31 bits per heavy atom. The number of nitrogens with two attached hydrogens (primary N) is 1. The first-order valence-corrected chi connectivity index (χ1v) is 12.7. The highest BCUT2D eigenvalue weighted by Crippen LogP contribution is 2.44. The van der Waals surface area contributed by atoms with E-state index in [4.69, 9.17) is 15.6 Å². The quantitative estimate of drug-likeness (QED) is 0.664. The van der Waals surface area contributed by atoms with Crippen LogP contribution in [0.1, 0.15) is 67.5 Å². The fraction of sp³-hybridized carbons (Fsp3) is 0.519. The molecule has 2 aromatic rings. The maximum atomic E-state index is 12.3. The highest BCUT2D eigenvalue weighted by Gasteiger charge is 2.35. The zero-order valence-electron chi connectivity index (χ0n) is 21.0. The molecule has 2 N–H and O–H groups in total. The molecule has 3 aliphatic heterocycles. The minimum atomic E-state index is 0.118. The molecule has 4 heterocycles. The number of amides is 1. The van der Waals surface area contributed by atoms with E-state index in [2.05, 4.69) is 39.7 Å². The molecule has 1 aromatic heterocycles. The summed E-state index contributed by atoms with van der Waals surface area (Å²) >= 11 is 0. The maximum absolute atomic E-state index is 12.3. The van der Waals surface area contributed by atoms with Crippen molar-refractivity contribution in [2.45, 2.75) is 58.0 Å². The summed E-state index contributed by atoms with van der Waals surface area (Å²) in [6, 6.07) is 6.86. The highest BCUT2D eigenvalue weighted by molar-refractivity contribution is 6.09. The number of ether oxygens (including phenoxy) is 1. The molecule has 0 radical (unpaired) electrons. The van der Waals surface area contributed by atoms with Gasteiger partial charge in [-0.3, -0.25) is 14.5 Å². The molecular formula is C27H36N6O2. The van der Waals surface area contributed by atoms with E-state index in [0.29, 0.717) is 19.1 Å². The molecule has 5 rings (SSSR count). The molecule has 35 heavy (non-hydrogen) atoms. The van der Waals surface area contributed by atoms with Crippen LogP contribution in [0.2, 0.25) is 0 Å². The minimum Gasteiger partial charge on any atom is -0.404 e. The van der Waals surface area contributed by atoms with Gasteiger partial charge in [-0.1, -0.05) is 13.0 Å². The predicted octanol–water partition coefficient (Wildman–Crippen LogP) is 3.78. The summed E-state index contributed by atoms with van der Waals surface area (Å²) in [6.45, 7) is 7.66. The number of aliphatic imine (C=N–C) groups is 1. The number of hydrogen-bond donors (Lipinski definition) is 1. The van der Waals surface area contributed by atoms with Crippen molar-refractivity contribution in [3.05, 3.63) is 46.8 Å². The SMILES string of the molecule is CC[C@H]1CCN(c2nn([C@H]3CCOC3)c3c2CN(C(C)=O)CC3)c2ccc(C(C=NC)=CN)cc21. The Hall–Kier alpha value is -3.13. The lowest BCUT2D eigenvalue weighted by atomic mass is 9.86. The molecule has 0 bridgehead atoms. The highest BCUT2D eigenvalue weighted by atomic mass is 16.5. The number of carbonyl (C=O) groups excluding carboxylic acids is 1. The molecule has 1 aromatic carbocycles. The van der Waals surface area contributed by atoms with Gasteiger partial charge in [0.1, 0.15) is 0 Å². The number of hydrogen-bond acceptors (Lipinski definition) is 6. The van der Waals surface area contributed by atoms with Gasteiger partial charge in [0.15, 0.2) is 5.82 Å². The van der Waals surface area contributed by atoms with Crippen molar-refractivity contribution >= 4 is 29.2 Å². The Kier molecular flexibility index (Phi) is 6.65. The first-order chi connectivity index (χ1) is 17.0. The smallest absolute Gasteiger partial charge is 0.219 e. The van der Waals surface area contributed by atoms with Crippen LogP contribution in [0.5, 0.6) is 0 Å². The molecule has 186 valence electrons. The van der Waals surface area contributed by atoms with Crippen LogP contribution >= 0.6 is 0 Å². The van der Waals surface area contributed by atoms with E-state index >= 15 is 0 Å². The lowest BCUT2D eigenvalue weighted by Gasteiger charge is -2.36. The van der Waals surface area contributed by atoms with Crippen LogP contribution in [0.15, 0.2) is 29.4 Å². The molecular weight excluding hydrogens is 440 g/mol. The van der Waals surface area contributed by atoms with Crippen LogP contribution in [-0.4, -0.2) is 60.2 Å². The molecule has 3 aliphatic rings. The van der Waals surface area contributed by atoms with Crippen molar-refractivity contribution in [1.29, 1.82) is 0 Å². The summed E-state index contributed by atoms with van der Waals surface area (Å²) in [5.41, 5.74) is 12.9. The van der Waals surface area contributed by atoms with Gasteiger partial charge < -0.3 is 20.3 Å². The molecule has 0 saturated carbocycles. The molecule has 0 unspecified atom stereocenters. The second kappa shape index (κ2) is 9.85. The van der Waals surface area contributed by atoms with Crippen LogP contribution in [0.25, 0.3) is 5.57 Å². The summed E-state index contributed by atoms with van der Waals surface area (Å²) in [5.74, 6) is 1.59. The molecule has 2 atom stereocenters. The molecule has 1 saturated heterocycles. The number of aromatic nitrogens is 2. The van der Waals surface area contributed by atoms with Crippen LogP contribution in [0, 0.1) is 0 Å². The molecule has 0 spiro atoms. The van der Waals surface area contributed by atoms with E-state index in [-0.39, 0.29) is 11.9 Å². The van der Waals surface area contributed by atoms with Gasteiger partial charge in [0.2, 0.25) is 5.91 Å². The fourth-order valence-corrected chi connectivity index (χ4v) is 5.80. The second-order valence-corrected chi connectivity index (χ2v) is 9.73. The lowest BCUT2D eigenvalue weighted by Crippen LogP contribution is -2.36. The fourth-order valence-electron chi connectivity index (χ4n) is 5.80. The monoisotopic (exact) mass is 476 g/mol. The van der Waals surface area contributed by atoms with E-state index in [1.165, 1.54) is 22.5 Å². The number of nitrogens with zero attached hydrogens (tertiary/aromatic N) is 5. The van der Waals surface area contributed by atoms with Crippen molar-refractivity contribution in [3.8, 4) is 0 Å². The van der Waals surface area contributed by atoms with Crippen molar-refractivity contribution in [2.24, 2.45) is 10.7 Å². The van der Waals surface area contributed by atoms with Gasteiger partial charge in [0.25, 0.3) is 0 Å². The number of rotatable bonds is 5. The zero-order chi connectivity index (χ0) is 24.5. The largest absolute Gasteiger partial charge is 0.404 e. The van der Waals surface area contributed by atoms with E-state index in [0.717, 1.165) is 62.3 Å². The third kappa shape index (κ3) is 4.24. The summed E-state index contributed by atoms with van der Waals surface area (Å²) in [7, 11) is 1.76. The van der Waals surface area contributed by atoms with Crippen molar-refractivity contribution < 1.29 is 9.53 Å². The van der Waals surface area contributed by atoms with Gasteiger partial charge in [-0.15, -0.1) is 0 Å². The van der Waals surface area contributed by atoms with Crippen LogP contribution in [0.3, 0.4) is 0 Å². The minimum absolute atomic E-state index is 0.118. The van der Waals surface area contributed by atoms with Gasteiger partial charge in [-0.2, -0.15) is 5.10 Å². The molecule has 0 aliphatic carbocycles. The van der Waals surface area contributed by atoms with Gasteiger partial charge in [0.05, 0.1) is 19.2 Å². The number of anilines is 2. The summed E-state index contributed by atoms with van der Waals surface area (Å²) in [5, 5.41) is 5.22. The van der Waals surface area contributed by atoms with Crippen LogP contribution in [-0.2, 0) is 22.5 Å². The van der Waals surface area contributed by atoms with Crippen LogP contribution < -0.4 is 10.6 Å². The van der Waals surface area contributed by atoms with Crippen molar-refractivity contribution in [1.82, 2.24) is 14.7 Å². The third-order valence-electron chi connectivity index (χ3n) is 7.75. The number of carbonyl (C=O) groups is 1. The zero-order valence-corrected chi connectivity index (χ0v) is 21.0. The normalized spacial score (nSPS) is 22.5. The molecule has 1 amide bonds. The standard InChI is InChI=1S/C27H36N6O2/c1-4-19-7-11-32(25-6-5-20(13-23(19)25)21(14-28)15-29-3)27-24-16-31(18(2)34)10-8-26(24)33(30-27)22-9-12-35-17-22/h5-6,13-15,19,22H,4,7-12,16-17,28H2,1-3H3/t19-,22-/m0/s1. The van der Waals surface area contributed by atoms with E-state index in [1.54, 1.807) is 26.4 Å². The maximum Gasteiger partial charge on any atom is 0.219 e. The Bertz CT molecular complexity index is 1160. The average molecular weight is 477 g/mol. The van der Waals surface area contributed by atoms with Crippen molar-refractivity contribution in [3.63, 3.8) is 0 Å².